The molecule has 0 saturated carbocycles. The Balaban J connectivity index is 1.58. The number of carbonyl (C=O) groups excluding carboxylic acids is 1. The molecule has 0 spiro atoms. The summed E-state index contributed by atoms with van der Waals surface area (Å²) in [7, 11) is 0. The van der Waals surface area contributed by atoms with Crippen LogP contribution in [0, 0.1) is 11.7 Å². The van der Waals surface area contributed by atoms with Gasteiger partial charge in [0.05, 0.1) is 18.9 Å². The summed E-state index contributed by atoms with van der Waals surface area (Å²) in [5.41, 5.74) is 0.839. The molecule has 0 unspecified atom stereocenters. The highest BCUT2D eigenvalue weighted by Gasteiger charge is 2.25. The highest BCUT2D eigenvalue weighted by atomic mass is 19.1. The number of likely N-dealkylation sites (tertiary alicyclic amines) is 1. The maximum Gasteiger partial charge on any atom is 0.272 e. The lowest BCUT2D eigenvalue weighted by Crippen LogP contribution is -2.42. The van der Waals surface area contributed by atoms with Crippen LogP contribution in [0.3, 0.4) is 0 Å². The van der Waals surface area contributed by atoms with Crippen molar-refractivity contribution in [2.45, 2.75) is 19.4 Å². The molecule has 3 rings (SSSR count). The predicted octanol–water partition coefficient (Wildman–Crippen LogP) is 2.64. The number of piperidine rings is 1. The van der Waals surface area contributed by atoms with Crippen LogP contribution < -0.4 is 4.74 Å². The monoisotopic (exact) mass is 344 g/mol. The van der Waals surface area contributed by atoms with E-state index in [1.807, 2.05) is 0 Å². The minimum absolute atomic E-state index is 0.123. The molecule has 1 fully saturated rings. The maximum atomic E-state index is 12.9. The molecule has 1 aliphatic rings. The van der Waals surface area contributed by atoms with Crippen molar-refractivity contribution >= 4 is 5.91 Å². The number of hydrogen-bond acceptors (Lipinski definition) is 4. The standard InChI is InChI=1S/C19H21FN2O3/c20-15-6-8-17(9-7-15)25-13-14-3-2-10-22(11-14)19(24)18-5-1-4-16(12-23)21-18/h1,4-9,14,23H,2-3,10-13H2/t14-/m0/s1. The molecule has 25 heavy (non-hydrogen) atoms. The highest BCUT2D eigenvalue weighted by Crippen LogP contribution is 2.20. The number of ether oxygens (including phenoxy) is 1. The molecule has 1 saturated heterocycles. The van der Waals surface area contributed by atoms with Crippen LogP contribution in [-0.4, -0.2) is 40.6 Å². The first-order chi connectivity index (χ1) is 12.2. The summed E-state index contributed by atoms with van der Waals surface area (Å²) in [6.07, 6.45) is 1.89. The third-order valence-corrected chi connectivity index (χ3v) is 4.29. The molecule has 0 radical (unpaired) electrons. The molecule has 5 nitrogen and oxygen atoms in total. The normalized spacial score (nSPS) is 17.4. The Morgan fingerprint density at radius 1 is 1.28 bits per heavy atom. The molecular formula is C19H21FN2O3. The van der Waals surface area contributed by atoms with Gasteiger partial charge in [-0.1, -0.05) is 6.07 Å². The molecule has 1 aromatic heterocycles. The minimum atomic E-state index is -0.292. The Kier molecular flexibility index (Phi) is 5.60. The van der Waals surface area contributed by atoms with Gasteiger partial charge in [0.15, 0.2) is 0 Å². The number of amides is 1. The van der Waals surface area contributed by atoms with Gasteiger partial charge >= 0.3 is 0 Å². The summed E-state index contributed by atoms with van der Waals surface area (Å²) in [4.78, 5) is 18.6. The SMILES string of the molecule is O=C(c1cccc(CO)n1)N1CCC[C@H](COc2ccc(F)cc2)C1. The smallest absolute Gasteiger partial charge is 0.272 e. The molecule has 0 bridgehead atoms. The molecule has 1 N–H and O–H groups in total. The second-order valence-corrected chi connectivity index (χ2v) is 6.20. The van der Waals surface area contributed by atoms with Crippen LogP contribution in [0.1, 0.15) is 29.0 Å². The van der Waals surface area contributed by atoms with E-state index in [2.05, 4.69) is 4.98 Å². The van der Waals surface area contributed by atoms with E-state index in [0.29, 0.717) is 36.8 Å². The first-order valence-corrected chi connectivity index (χ1v) is 8.40. The van der Waals surface area contributed by atoms with E-state index in [1.165, 1.54) is 12.1 Å². The van der Waals surface area contributed by atoms with E-state index < -0.39 is 0 Å². The summed E-state index contributed by atoms with van der Waals surface area (Å²) in [5.74, 6) is 0.437. The Hall–Kier alpha value is -2.47. The van der Waals surface area contributed by atoms with Crippen LogP contribution >= 0.6 is 0 Å². The molecule has 1 amide bonds. The van der Waals surface area contributed by atoms with E-state index in [4.69, 9.17) is 9.84 Å². The summed E-state index contributed by atoms with van der Waals surface area (Å²) in [5, 5.41) is 9.16. The second kappa shape index (κ2) is 8.07. The highest BCUT2D eigenvalue weighted by molar-refractivity contribution is 5.92. The van der Waals surface area contributed by atoms with Gasteiger partial charge in [-0.15, -0.1) is 0 Å². The van der Waals surface area contributed by atoms with Crippen molar-refractivity contribution in [3.05, 3.63) is 59.7 Å². The molecule has 0 aliphatic carbocycles. The second-order valence-electron chi connectivity index (χ2n) is 6.20. The van der Waals surface area contributed by atoms with Gasteiger partial charge in [0, 0.05) is 19.0 Å². The van der Waals surface area contributed by atoms with Crippen LogP contribution in [-0.2, 0) is 6.61 Å². The molecule has 2 aromatic rings. The third kappa shape index (κ3) is 4.54. The molecule has 1 aromatic carbocycles. The molecule has 1 atom stereocenters. The number of pyridine rings is 1. The van der Waals surface area contributed by atoms with Gasteiger partial charge in [-0.2, -0.15) is 0 Å². The van der Waals surface area contributed by atoms with Crippen LogP contribution in [0.25, 0.3) is 0 Å². The largest absolute Gasteiger partial charge is 0.493 e. The van der Waals surface area contributed by atoms with Crippen molar-refractivity contribution in [3.63, 3.8) is 0 Å². The number of aliphatic hydroxyl groups excluding tert-OH is 1. The summed E-state index contributed by atoms with van der Waals surface area (Å²) in [6, 6.07) is 11.0. The zero-order valence-corrected chi connectivity index (χ0v) is 13.9. The number of aliphatic hydroxyl groups is 1. The summed E-state index contributed by atoms with van der Waals surface area (Å²) in [6.45, 7) is 1.59. The number of aromatic nitrogens is 1. The lowest BCUT2D eigenvalue weighted by atomic mass is 9.98. The first kappa shape index (κ1) is 17.4. The van der Waals surface area contributed by atoms with Gasteiger partial charge in [-0.3, -0.25) is 4.79 Å². The van der Waals surface area contributed by atoms with Gasteiger partial charge < -0.3 is 14.7 Å². The fourth-order valence-electron chi connectivity index (χ4n) is 2.98. The van der Waals surface area contributed by atoms with E-state index in [1.54, 1.807) is 35.2 Å². The fraction of sp³-hybridized carbons (Fsp3) is 0.368. The molecular weight excluding hydrogens is 323 g/mol. The quantitative estimate of drug-likeness (QED) is 0.906. The van der Waals surface area contributed by atoms with Crippen molar-refractivity contribution < 1.29 is 19.0 Å². The zero-order chi connectivity index (χ0) is 17.6. The molecule has 1 aliphatic heterocycles. The van der Waals surface area contributed by atoms with Crippen LogP contribution in [0.5, 0.6) is 5.75 Å². The van der Waals surface area contributed by atoms with E-state index in [-0.39, 0.29) is 24.2 Å². The summed E-state index contributed by atoms with van der Waals surface area (Å²) >= 11 is 0. The van der Waals surface area contributed by atoms with Gasteiger partial charge in [-0.25, -0.2) is 9.37 Å². The van der Waals surface area contributed by atoms with Crippen molar-refractivity contribution in [3.8, 4) is 5.75 Å². The number of halogens is 1. The van der Waals surface area contributed by atoms with Crippen molar-refractivity contribution in [2.24, 2.45) is 5.92 Å². The topological polar surface area (TPSA) is 62.7 Å². The number of hydrogen-bond donors (Lipinski definition) is 1. The van der Waals surface area contributed by atoms with E-state index >= 15 is 0 Å². The average molecular weight is 344 g/mol. The average Bonchev–Trinajstić information content (AvgIpc) is 2.67. The van der Waals surface area contributed by atoms with Crippen LogP contribution in [0.2, 0.25) is 0 Å². The molecule has 6 heteroatoms. The van der Waals surface area contributed by atoms with Gasteiger partial charge in [-0.05, 0) is 49.2 Å². The first-order valence-electron chi connectivity index (χ1n) is 8.40. The number of nitrogens with zero attached hydrogens (tertiary/aromatic N) is 2. The van der Waals surface area contributed by atoms with Crippen molar-refractivity contribution in [1.29, 1.82) is 0 Å². The van der Waals surface area contributed by atoms with E-state index in [0.717, 1.165) is 12.8 Å². The van der Waals surface area contributed by atoms with Crippen LogP contribution in [0.15, 0.2) is 42.5 Å². The lowest BCUT2D eigenvalue weighted by Gasteiger charge is -2.32. The minimum Gasteiger partial charge on any atom is -0.493 e. The number of benzene rings is 1. The van der Waals surface area contributed by atoms with Crippen LogP contribution in [0.4, 0.5) is 4.39 Å². The predicted molar refractivity (Wildman–Crippen MR) is 90.7 cm³/mol. The Labute approximate surface area is 146 Å². The summed E-state index contributed by atoms with van der Waals surface area (Å²) < 4.78 is 18.6. The molecule has 2 heterocycles. The Morgan fingerprint density at radius 3 is 2.84 bits per heavy atom. The van der Waals surface area contributed by atoms with Crippen molar-refractivity contribution in [2.75, 3.05) is 19.7 Å². The number of rotatable bonds is 5. The third-order valence-electron chi connectivity index (χ3n) is 4.29. The van der Waals surface area contributed by atoms with Gasteiger partial charge in [0.2, 0.25) is 0 Å². The zero-order valence-electron chi connectivity index (χ0n) is 13.9. The maximum absolute atomic E-state index is 12.9. The van der Waals surface area contributed by atoms with Gasteiger partial charge in [0.25, 0.3) is 5.91 Å². The Bertz CT molecular complexity index is 721. The number of carbonyl (C=O) groups is 1. The van der Waals surface area contributed by atoms with E-state index in [9.17, 15) is 9.18 Å². The lowest BCUT2D eigenvalue weighted by molar-refractivity contribution is 0.0627. The Morgan fingerprint density at radius 2 is 2.08 bits per heavy atom. The molecule has 132 valence electrons. The van der Waals surface area contributed by atoms with Crippen molar-refractivity contribution in [1.82, 2.24) is 9.88 Å². The van der Waals surface area contributed by atoms with Gasteiger partial charge in [0.1, 0.15) is 17.3 Å². The fourth-order valence-corrected chi connectivity index (χ4v) is 2.98.